The molecule has 2 heterocycles. The second-order valence-corrected chi connectivity index (χ2v) is 2.84. The van der Waals surface area contributed by atoms with E-state index in [4.69, 9.17) is 5.73 Å². The van der Waals surface area contributed by atoms with Gasteiger partial charge in [0, 0.05) is 11.6 Å². The Hall–Kier alpha value is -2.44. The van der Waals surface area contributed by atoms with Gasteiger partial charge in [-0.1, -0.05) is 0 Å². The van der Waals surface area contributed by atoms with Crippen molar-refractivity contribution in [1.29, 1.82) is 0 Å². The maximum Gasteiger partial charge on any atom is 0.313 e. The molecule has 0 aliphatic carbocycles. The Morgan fingerprint density at radius 1 is 1.33 bits per heavy atom. The molecule has 7 heteroatoms. The molecular weight excluding hydrogens is 198 g/mol. The largest absolute Gasteiger partial charge is 0.361 e. The second kappa shape index (κ2) is 3.37. The van der Waals surface area contributed by atoms with Gasteiger partial charge in [0.25, 0.3) is 0 Å². The monoisotopic (exact) mass is 205 g/mol. The Labute approximate surface area is 83.7 Å². The Balaban J connectivity index is 2.39. The van der Waals surface area contributed by atoms with Gasteiger partial charge in [-0.25, -0.2) is 0 Å². The molecule has 7 nitrogen and oxygen atoms in total. The molecule has 0 spiro atoms. The average Bonchev–Trinajstić information content (AvgIpc) is 2.66. The van der Waals surface area contributed by atoms with Gasteiger partial charge in [0.05, 0.1) is 23.6 Å². The van der Waals surface area contributed by atoms with Crippen molar-refractivity contribution in [1.82, 2.24) is 15.2 Å². The Morgan fingerprint density at radius 2 is 2.13 bits per heavy atom. The van der Waals surface area contributed by atoms with E-state index in [1.807, 2.05) is 0 Å². The first kappa shape index (κ1) is 9.13. The number of carbonyl (C=O) groups is 2. The summed E-state index contributed by atoms with van der Waals surface area (Å²) >= 11 is 0. The van der Waals surface area contributed by atoms with E-state index in [-0.39, 0.29) is 0 Å². The van der Waals surface area contributed by atoms with Gasteiger partial charge < -0.3 is 11.1 Å². The maximum atomic E-state index is 11.0. The van der Waals surface area contributed by atoms with Gasteiger partial charge in [-0.3, -0.25) is 19.7 Å². The summed E-state index contributed by atoms with van der Waals surface area (Å²) in [6.07, 6.45) is 4.54. The van der Waals surface area contributed by atoms with Gasteiger partial charge in [0.15, 0.2) is 0 Å². The van der Waals surface area contributed by atoms with Crippen LogP contribution in [-0.2, 0) is 9.59 Å². The number of H-pyrrole nitrogens is 1. The van der Waals surface area contributed by atoms with E-state index in [0.717, 1.165) is 5.39 Å². The van der Waals surface area contributed by atoms with E-state index in [1.165, 1.54) is 6.20 Å². The third-order valence-corrected chi connectivity index (χ3v) is 1.83. The van der Waals surface area contributed by atoms with Crippen LogP contribution in [0.25, 0.3) is 10.9 Å². The summed E-state index contributed by atoms with van der Waals surface area (Å²) in [5, 5.41) is 9.51. The normalized spacial score (nSPS) is 10.1. The number of carbonyl (C=O) groups excluding carboxylic acids is 2. The lowest BCUT2D eigenvalue weighted by atomic mass is 10.3. The molecule has 0 radical (unpaired) electrons. The number of nitrogens with two attached hydrogens (primary N) is 1. The summed E-state index contributed by atoms with van der Waals surface area (Å²) in [6, 6.07) is 0. The SMILES string of the molecule is NC(=O)C(=O)Nc1cncc2cn[nH]c12. The van der Waals surface area contributed by atoms with Crippen molar-refractivity contribution in [3.63, 3.8) is 0 Å². The van der Waals surface area contributed by atoms with Crippen LogP contribution in [-0.4, -0.2) is 27.0 Å². The molecule has 2 aromatic rings. The number of hydrogen-bond acceptors (Lipinski definition) is 4. The highest BCUT2D eigenvalue weighted by Gasteiger charge is 2.11. The maximum absolute atomic E-state index is 11.0. The lowest BCUT2D eigenvalue weighted by Gasteiger charge is -2.02. The lowest BCUT2D eigenvalue weighted by Crippen LogP contribution is -2.29. The van der Waals surface area contributed by atoms with Gasteiger partial charge in [-0.15, -0.1) is 0 Å². The number of pyridine rings is 1. The van der Waals surface area contributed by atoms with E-state index in [9.17, 15) is 9.59 Å². The summed E-state index contributed by atoms with van der Waals surface area (Å²) in [5.41, 5.74) is 5.77. The molecule has 0 aliphatic rings. The van der Waals surface area contributed by atoms with Crippen molar-refractivity contribution in [2.24, 2.45) is 5.73 Å². The number of nitrogens with one attached hydrogen (secondary N) is 2. The first-order valence-corrected chi connectivity index (χ1v) is 4.06. The molecule has 2 rings (SSSR count). The predicted octanol–water partition coefficient (Wildman–Crippen LogP) is -0.618. The zero-order valence-corrected chi connectivity index (χ0v) is 7.52. The Morgan fingerprint density at radius 3 is 2.87 bits per heavy atom. The summed E-state index contributed by atoms with van der Waals surface area (Å²) < 4.78 is 0. The van der Waals surface area contributed by atoms with E-state index < -0.39 is 11.8 Å². The van der Waals surface area contributed by atoms with Gasteiger partial charge in [-0.2, -0.15) is 5.10 Å². The minimum absolute atomic E-state index is 0.369. The summed E-state index contributed by atoms with van der Waals surface area (Å²) in [4.78, 5) is 25.4. The summed E-state index contributed by atoms with van der Waals surface area (Å²) in [7, 11) is 0. The second-order valence-electron chi connectivity index (χ2n) is 2.84. The quantitative estimate of drug-likeness (QED) is 0.538. The molecule has 0 bridgehead atoms. The molecule has 15 heavy (non-hydrogen) atoms. The van der Waals surface area contributed by atoms with E-state index in [0.29, 0.717) is 11.2 Å². The molecule has 2 amide bonds. The van der Waals surface area contributed by atoms with Crippen molar-refractivity contribution in [3.8, 4) is 0 Å². The zero-order chi connectivity index (χ0) is 10.8. The van der Waals surface area contributed by atoms with Crippen LogP contribution in [0.3, 0.4) is 0 Å². The number of primary amides is 1. The molecule has 0 unspecified atom stereocenters. The van der Waals surface area contributed by atoms with Crippen molar-refractivity contribution in [2.75, 3.05) is 5.32 Å². The third kappa shape index (κ3) is 1.62. The number of rotatable bonds is 1. The number of fused-ring (bicyclic) bond motifs is 1. The van der Waals surface area contributed by atoms with Crippen LogP contribution < -0.4 is 11.1 Å². The van der Waals surface area contributed by atoms with Crippen molar-refractivity contribution in [2.45, 2.75) is 0 Å². The average molecular weight is 205 g/mol. The standard InChI is InChI=1S/C8H7N5O2/c9-7(14)8(15)12-5-3-10-1-4-2-11-13-6(4)5/h1-3H,(H2,9,14)(H,11,13)(H,12,15). The fourth-order valence-electron chi connectivity index (χ4n) is 1.14. The Bertz CT molecular complexity index is 533. The van der Waals surface area contributed by atoms with Crippen molar-refractivity contribution in [3.05, 3.63) is 18.6 Å². The van der Waals surface area contributed by atoms with E-state index >= 15 is 0 Å². The fourth-order valence-corrected chi connectivity index (χ4v) is 1.14. The molecule has 0 aliphatic heterocycles. The minimum Gasteiger partial charge on any atom is -0.361 e. The van der Waals surface area contributed by atoms with Gasteiger partial charge >= 0.3 is 11.8 Å². The Kier molecular flexibility index (Phi) is 2.05. The summed E-state index contributed by atoms with van der Waals surface area (Å²) in [6.45, 7) is 0. The van der Waals surface area contributed by atoms with Crippen LogP contribution in [0.4, 0.5) is 5.69 Å². The zero-order valence-electron chi connectivity index (χ0n) is 7.52. The highest BCUT2D eigenvalue weighted by molar-refractivity contribution is 6.39. The summed E-state index contributed by atoms with van der Waals surface area (Å²) in [5.74, 6) is -1.94. The minimum atomic E-state index is -1.05. The topological polar surface area (TPSA) is 114 Å². The third-order valence-electron chi connectivity index (χ3n) is 1.83. The van der Waals surface area contributed by atoms with E-state index in [2.05, 4.69) is 20.5 Å². The molecular formula is C8H7N5O2. The van der Waals surface area contributed by atoms with Gasteiger partial charge in [0.1, 0.15) is 0 Å². The number of aromatic nitrogens is 3. The van der Waals surface area contributed by atoms with E-state index in [1.54, 1.807) is 12.4 Å². The smallest absolute Gasteiger partial charge is 0.313 e. The highest BCUT2D eigenvalue weighted by atomic mass is 16.2. The highest BCUT2D eigenvalue weighted by Crippen LogP contribution is 2.18. The first-order chi connectivity index (χ1) is 7.18. The molecule has 2 aromatic heterocycles. The van der Waals surface area contributed by atoms with Crippen LogP contribution in [0, 0.1) is 0 Å². The number of hydrogen-bond donors (Lipinski definition) is 3. The molecule has 0 atom stereocenters. The number of anilines is 1. The van der Waals surface area contributed by atoms with Crippen LogP contribution in [0.15, 0.2) is 18.6 Å². The van der Waals surface area contributed by atoms with Crippen molar-refractivity contribution < 1.29 is 9.59 Å². The van der Waals surface area contributed by atoms with Crippen LogP contribution in [0.2, 0.25) is 0 Å². The van der Waals surface area contributed by atoms with Gasteiger partial charge in [-0.05, 0) is 0 Å². The molecule has 4 N–H and O–H groups in total. The fraction of sp³-hybridized carbons (Fsp3) is 0. The van der Waals surface area contributed by atoms with Gasteiger partial charge in [0.2, 0.25) is 0 Å². The lowest BCUT2D eigenvalue weighted by molar-refractivity contribution is -0.134. The van der Waals surface area contributed by atoms with Crippen molar-refractivity contribution >= 4 is 28.4 Å². The molecule has 76 valence electrons. The molecule has 0 saturated carbocycles. The predicted molar refractivity (Wildman–Crippen MR) is 51.7 cm³/mol. The van der Waals surface area contributed by atoms with Crippen LogP contribution in [0.1, 0.15) is 0 Å². The number of aromatic amines is 1. The van der Waals surface area contributed by atoms with Crippen LogP contribution >= 0.6 is 0 Å². The molecule has 0 saturated heterocycles. The number of nitrogens with zero attached hydrogens (tertiary/aromatic N) is 2. The van der Waals surface area contributed by atoms with Crippen LogP contribution in [0.5, 0.6) is 0 Å². The first-order valence-electron chi connectivity index (χ1n) is 4.06. The number of amides is 2. The molecule has 0 fully saturated rings. The molecule has 0 aromatic carbocycles.